The smallest absolute Gasteiger partial charge is 0.182 e. The molecule has 1 aromatic rings. The van der Waals surface area contributed by atoms with Gasteiger partial charge in [-0.2, -0.15) is 0 Å². The highest BCUT2D eigenvalue weighted by molar-refractivity contribution is 7.90. The van der Waals surface area contributed by atoms with Crippen molar-refractivity contribution in [1.82, 2.24) is 0 Å². The van der Waals surface area contributed by atoms with Crippen LogP contribution in [0.15, 0.2) is 17.0 Å². The van der Waals surface area contributed by atoms with Crippen molar-refractivity contribution in [3.63, 3.8) is 0 Å². The molecule has 1 aromatic carbocycles. The van der Waals surface area contributed by atoms with Crippen molar-refractivity contribution < 1.29 is 23.0 Å². The van der Waals surface area contributed by atoms with E-state index in [9.17, 15) is 17.9 Å². The lowest BCUT2D eigenvalue weighted by Crippen LogP contribution is -2.05. The second-order valence-corrected chi connectivity index (χ2v) is 5.09. The quantitative estimate of drug-likeness (QED) is 0.797. The van der Waals surface area contributed by atoms with E-state index in [2.05, 4.69) is 0 Å². The van der Waals surface area contributed by atoms with Gasteiger partial charge in [0.15, 0.2) is 9.84 Å². The molecule has 0 bridgehead atoms. The highest BCUT2D eigenvalue weighted by atomic mass is 32.2. The van der Waals surface area contributed by atoms with Gasteiger partial charge in [0.1, 0.15) is 16.5 Å². The number of aliphatic hydroxyl groups excluding tert-OH is 1. The first-order valence-corrected chi connectivity index (χ1v) is 6.08. The highest BCUT2D eigenvalue weighted by Crippen LogP contribution is 2.27. The van der Waals surface area contributed by atoms with Gasteiger partial charge in [-0.1, -0.05) is 6.07 Å². The van der Waals surface area contributed by atoms with E-state index in [-0.39, 0.29) is 18.6 Å². The van der Waals surface area contributed by atoms with E-state index in [1.807, 2.05) is 0 Å². The van der Waals surface area contributed by atoms with Gasteiger partial charge in [0, 0.05) is 12.9 Å². The van der Waals surface area contributed by atoms with Crippen molar-refractivity contribution in [2.24, 2.45) is 0 Å². The molecule has 15 heavy (non-hydrogen) atoms. The molecule has 0 radical (unpaired) electrons. The summed E-state index contributed by atoms with van der Waals surface area (Å²) in [5, 5.41) is 17.9. The zero-order chi connectivity index (χ0) is 11.6. The molecule has 6 heteroatoms. The molecule has 2 N–H and O–H groups in total. The molecule has 0 heterocycles. The van der Waals surface area contributed by atoms with Gasteiger partial charge in [0.25, 0.3) is 0 Å². The van der Waals surface area contributed by atoms with E-state index in [0.717, 1.165) is 12.3 Å². The van der Waals surface area contributed by atoms with Crippen LogP contribution in [0.25, 0.3) is 0 Å². The second kappa shape index (κ2) is 4.16. The monoisotopic (exact) mass is 234 g/mol. The summed E-state index contributed by atoms with van der Waals surface area (Å²) in [5.41, 5.74) is 0.0655. The fourth-order valence-electron chi connectivity index (χ4n) is 1.25. The maximum Gasteiger partial charge on any atom is 0.182 e. The van der Waals surface area contributed by atoms with Crippen LogP contribution in [0.1, 0.15) is 5.56 Å². The number of benzene rings is 1. The summed E-state index contributed by atoms with van der Waals surface area (Å²) < 4.78 is 35.9. The minimum absolute atomic E-state index is 0.00856. The molecule has 0 atom stereocenters. The number of sulfone groups is 1. The van der Waals surface area contributed by atoms with Gasteiger partial charge in [0.2, 0.25) is 0 Å². The van der Waals surface area contributed by atoms with E-state index in [0.29, 0.717) is 0 Å². The van der Waals surface area contributed by atoms with Crippen LogP contribution >= 0.6 is 0 Å². The molecule has 0 aliphatic heterocycles. The number of phenols is 1. The van der Waals surface area contributed by atoms with Crippen molar-refractivity contribution in [3.05, 3.63) is 23.5 Å². The maximum atomic E-state index is 13.6. The fraction of sp³-hybridized carbons (Fsp3) is 0.333. The predicted molar refractivity (Wildman–Crippen MR) is 52.0 cm³/mol. The molecule has 0 aliphatic rings. The summed E-state index contributed by atoms with van der Waals surface area (Å²) in [5.74, 6) is -1.61. The fourth-order valence-corrected chi connectivity index (χ4v) is 2.16. The predicted octanol–water partition coefficient (Wildman–Crippen LogP) is 0.470. The number of hydrogen-bond donors (Lipinski definition) is 2. The number of phenolic OH excluding ortho intramolecular Hbond substituents is 1. The van der Waals surface area contributed by atoms with Gasteiger partial charge in [-0.05, 0) is 18.1 Å². The van der Waals surface area contributed by atoms with Gasteiger partial charge >= 0.3 is 0 Å². The van der Waals surface area contributed by atoms with Gasteiger partial charge in [-0.25, -0.2) is 12.8 Å². The maximum absolute atomic E-state index is 13.6. The standard InChI is InChI=1S/C9H11FO4S/c1-15(13,14)9-7(12)3-2-6(4-5-11)8(9)10/h2-3,11-12H,4-5H2,1H3. The van der Waals surface area contributed by atoms with Crippen LogP contribution in [0.4, 0.5) is 4.39 Å². The Balaban J connectivity index is 3.44. The third kappa shape index (κ3) is 2.45. The summed E-state index contributed by atoms with van der Waals surface area (Å²) in [6.07, 6.45) is 0.822. The van der Waals surface area contributed by atoms with Crippen LogP contribution in [-0.4, -0.2) is 31.5 Å². The van der Waals surface area contributed by atoms with Crippen LogP contribution in [0, 0.1) is 5.82 Å². The van der Waals surface area contributed by atoms with Crippen molar-refractivity contribution in [3.8, 4) is 5.75 Å². The molecule has 4 nitrogen and oxygen atoms in total. The van der Waals surface area contributed by atoms with E-state index < -0.39 is 26.3 Å². The van der Waals surface area contributed by atoms with Gasteiger partial charge in [-0.15, -0.1) is 0 Å². The third-order valence-electron chi connectivity index (χ3n) is 1.91. The lowest BCUT2D eigenvalue weighted by atomic mass is 10.1. The van der Waals surface area contributed by atoms with Crippen molar-refractivity contribution in [2.45, 2.75) is 11.3 Å². The summed E-state index contributed by atoms with van der Waals surface area (Å²) in [6, 6.07) is 2.35. The number of halogens is 1. The first-order valence-electron chi connectivity index (χ1n) is 4.19. The topological polar surface area (TPSA) is 74.6 Å². The number of aliphatic hydroxyl groups is 1. The average molecular weight is 234 g/mol. The minimum Gasteiger partial charge on any atom is -0.506 e. The largest absolute Gasteiger partial charge is 0.506 e. The zero-order valence-electron chi connectivity index (χ0n) is 8.07. The van der Waals surface area contributed by atoms with Crippen LogP contribution in [0.5, 0.6) is 5.75 Å². The average Bonchev–Trinajstić information content (AvgIpc) is 2.08. The molecule has 1 rings (SSSR count). The summed E-state index contributed by atoms with van der Waals surface area (Å²) >= 11 is 0. The van der Waals surface area contributed by atoms with Crippen LogP contribution in [0.2, 0.25) is 0 Å². The van der Waals surface area contributed by atoms with E-state index in [1.165, 1.54) is 6.07 Å². The molecular formula is C9H11FO4S. The number of rotatable bonds is 3. The molecule has 0 spiro atoms. The Bertz CT molecular complexity index is 467. The molecule has 0 fully saturated rings. The normalized spacial score (nSPS) is 11.7. The van der Waals surface area contributed by atoms with Crippen molar-refractivity contribution >= 4 is 9.84 Å². The first kappa shape index (κ1) is 11.9. The first-order chi connectivity index (χ1) is 6.88. The number of hydrogen-bond acceptors (Lipinski definition) is 4. The van der Waals surface area contributed by atoms with Crippen LogP contribution < -0.4 is 0 Å². The Labute approximate surface area is 86.9 Å². The van der Waals surface area contributed by atoms with Crippen molar-refractivity contribution in [1.29, 1.82) is 0 Å². The Morgan fingerprint density at radius 1 is 1.40 bits per heavy atom. The van der Waals surface area contributed by atoms with Crippen molar-refractivity contribution in [2.75, 3.05) is 12.9 Å². The molecule has 0 unspecified atom stereocenters. The van der Waals surface area contributed by atoms with Crippen LogP contribution in [-0.2, 0) is 16.3 Å². The van der Waals surface area contributed by atoms with Gasteiger partial charge in [0.05, 0.1) is 0 Å². The summed E-state index contributed by atoms with van der Waals surface area (Å²) in [6.45, 7) is -0.287. The SMILES string of the molecule is CS(=O)(=O)c1c(O)ccc(CCO)c1F. The number of aromatic hydroxyl groups is 1. The Kier molecular flexibility index (Phi) is 3.31. The Hall–Kier alpha value is -1.14. The molecule has 0 aliphatic carbocycles. The molecule has 0 amide bonds. The molecule has 0 saturated carbocycles. The molecule has 84 valence electrons. The minimum atomic E-state index is -3.81. The van der Waals surface area contributed by atoms with Gasteiger partial charge < -0.3 is 10.2 Å². The molecular weight excluding hydrogens is 223 g/mol. The van der Waals surface area contributed by atoms with E-state index in [1.54, 1.807) is 0 Å². The summed E-state index contributed by atoms with van der Waals surface area (Å²) in [7, 11) is -3.81. The third-order valence-corrected chi connectivity index (χ3v) is 3.04. The highest BCUT2D eigenvalue weighted by Gasteiger charge is 2.21. The summed E-state index contributed by atoms with van der Waals surface area (Å²) in [4.78, 5) is -0.714. The molecule has 0 saturated heterocycles. The second-order valence-electron chi connectivity index (χ2n) is 3.13. The van der Waals surface area contributed by atoms with E-state index in [4.69, 9.17) is 5.11 Å². The lowest BCUT2D eigenvalue weighted by molar-refractivity contribution is 0.297. The van der Waals surface area contributed by atoms with Crippen LogP contribution in [0.3, 0.4) is 0 Å². The molecule has 0 aromatic heterocycles. The van der Waals surface area contributed by atoms with E-state index >= 15 is 0 Å². The Morgan fingerprint density at radius 3 is 2.47 bits per heavy atom. The Morgan fingerprint density at radius 2 is 2.00 bits per heavy atom. The van der Waals surface area contributed by atoms with Gasteiger partial charge in [-0.3, -0.25) is 0 Å². The lowest BCUT2D eigenvalue weighted by Gasteiger charge is -2.07. The zero-order valence-corrected chi connectivity index (χ0v) is 8.88.